The number of rotatable bonds is 6. The molecule has 104 valence electrons. The van der Waals surface area contributed by atoms with Crippen molar-refractivity contribution in [2.75, 3.05) is 26.4 Å². The lowest BCUT2D eigenvalue weighted by Crippen LogP contribution is -2.55. The Morgan fingerprint density at radius 3 is 2.33 bits per heavy atom. The molecule has 1 saturated heterocycles. The lowest BCUT2D eigenvalue weighted by molar-refractivity contribution is -0.124. The normalized spacial score (nSPS) is 19.3. The molecule has 0 radical (unpaired) electrons. The van der Waals surface area contributed by atoms with Gasteiger partial charge in [-0.25, -0.2) is 0 Å². The maximum Gasteiger partial charge on any atom is 0.240 e. The molecule has 0 aliphatic carbocycles. The molecule has 0 aromatic rings. The van der Waals surface area contributed by atoms with Gasteiger partial charge in [-0.1, -0.05) is 26.3 Å². The zero-order chi connectivity index (χ0) is 14.0. The highest BCUT2D eigenvalue weighted by Crippen LogP contribution is 2.28. The van der Waals surface area contributed by atoms with Gasteiger partial charge in [-0.2, -0.15) is 10.5 Å². The average molecular weight is 271 g/mol. The molecule has 0 spiro atoms. The van der Waals surface area contributed by atoms with Gasteiger partial charge in [0.15, 0.2) is 0 Å². The van der Waals surface area contributed by atoms with Crippen LogP contribution in [-0.4, -0.2) is 59.3 Å². The fourth-order valence-electron chi connectivity index (χ4n) is 2.25. The number of likely N-dealkylation sites (tertiary alicyclic amines) is 1. The van der Waals surface area contributed by atoms with Gasteiger partial charge < -0.3 is 15.5 Å². The van der Waals surface area contributed by atoms with Gasteiger partial charge in [0.1, 0.15) is 6.04 Å². The summed E-state index contributed by atoms with van der Waals surface area (Å²) in [6.45, 7) is 10.0. The molecule has 0 aromatic carbocycles. The number of hydrogen-bond donors (Lipinski definition) is 1. The molecule has 1 aliphatic heterocycles. The van der Waals surface area contributed by atoms with Crippen molar-refractivity contribution >= 4 is 22.3 Å². The van der Waals surface area contributed by atoms with Crippen molar-refractivity contribution in [2.45, 2.75) is 25.1 Å². The van der Waals surface area contributed by atoms with Crippen LogP contribution in [0.25, 0.3) is 0 Å². The lowest BCUT2D eigenvalue weighted by Gasteiger charge is -2.46. The summed E-state index contributed by atoms with van der Waals surface area (Å²) in [7, 11) is 2.09. The van der Waals surface area contributed by atoms with Crippen molar-refractivity contribution < 1.29 is 4.79 Å². The minimum Gasteiger partial charge on any atom is -0.368 e. The van der Waals surface area contributed by atoms with Crippen LogP contribution < -0.4 is 5.73 Å². The van der Waals surface area contributed by atoms with E-state index in [2.05, 4.69) is 23.6 Å². The maximum atomic E-state index is 11.5. The Bertz CT molecular complexity index is 361. The smallest absolute Gasteiger partial charge is 0.240 e. The summed E-state index contributed by atoms with van der Waals surface area (Å²) in [5, 5.41) is 0.654. The summed E-state index contributed by atoms with van der Waals surface area (Å²) in [6, 6.07) is -0.295. The Morgan fingerprint density at radius 1 is 1.50 bits per heavy atom. The maximum absolute atomic E-state index is 11.5. The molecule has 4 nitrogen and oxygen atoms in total. The SMILES string of the molecule is C=C(N1CC(S(=C)C)C1)N(C)C(C(N)=O)C(C)C. The third-order valence-electron chi connectivity index (χ3n) is 3.53. The first-order chi connectivity index (χ1) is 8.25. The van der Waals surface area contributed by atoms with Crippen molar-refractivity contribution in [3.05, 3.63) is 12.4 Å². The van der Waals surface area contributed by atoms with Crippen LogP contribution in [0.4, 0.5) is 0 Å². The fourth-order valence-corrected chi connectivity index (χ4v) is 3.12. The molecular formula is C13H25N3OS. The summed E-state index contributed by atoms with van der Waals surface area (Å²) in [6.07, 6.45) is 2.16. The van der Waals surface area contributed by atoms with Crippen molar-refractivity contribution in [1.82, 2.24) is 9.80 Å². The number of nitrogens with two attached hydrogens (primary N) is 1. The van der Waals surface area contributed by atoms with Crippen molar-refractivity contribution in [2.24, 2.45) is 11.7 Å². The van der Waals surface area contributed by atoms with Gasteiger partial charge in [-0.15, -0.1) is 0 Å². The fraction of sp³-hybridized carbons (Fsp3) is 0.692. The van der Waals surface area contributed by atoms with Crippen LogP contribution >= 0.6 is 10.5 Å². The minimum atomic E-state index is -0.295. The first kappa shape index (κ1) is 15.1. The summed E-state index contributed by atoms with van der Waals surface area (Å²) in [4.78, 5) is 15.6. The molecule has 0 saturated carbocycles. The summed E-state index contributed by atoms with van der Waals surface area (Å²) in [5.41, 5.74) is 5.46. The number of hydrogen-bond acceptors (Lipinski definition) is 3. The molecule has 18 heavy (non-hydrogen) atoms. The predicted octanol–water partition coefficient (Wildman–Crippen LogP) is 0.914. The Balaban J connectivity index is 2.62. The molecular weight excluding hydrogens is 246 g/mol. The molecule has 1 aliphatic rings. The van der Waals surface area contributed by atoms with Crippen LogP contribution in [0.3, 0.4) is 0 Å². The highest BCUT2D eigenvalue weighted by atomic mass is 32.2. The van der Waals surface area contributed by atoms with E-state index in [1.54, 1.807) is 0 Å². The Hall–Kier alpha value is -0.970. The van der Waals surface area contributed by atoms with Gasteiger partial charge in [-0.3, -0.25) is 4.79 Å². The van der Waals surface area contributed by atoms with E-state index in [1.165, 1.54) is 0 Å². The molecule has 0 bridgehead atoms. The average Bonchev–Trinajstić information content (AvgIpc) is 2.12. The van der Waals surface area contributed by atoms with Crippen molar-refractivity contribution in [3.63, 3.8) is 0 Å². The van der Waals surface area contributed by atoms with Gasteiger partial charge in [0, 0.05) is 25.4 Å². The van der Waals surface area contributed by atoms with E-state index in [9.17, 15) is 4.79 Å². The molecule has 5 heteroatoms. The highest BCUT2D eigenvalue weighted by Gasteiger charge is 2.33. The first-order valence-electron chi connectivity index (χ1n) is 6.16. The van der Waals surface area contributed by atoms with Gasteiger partial charge in [0.2, 0.25) is 5.91 Å². The molecule has 1 heterocycles. The predicted molar refractivity (Wildman–Crippen MR) is 80.7 cm³/mol. The molecule has 0 aromatic heterocycles. The van der Waals surface area contributed by atoms with Gasteiger partial charge in [-0.05, 0) is 12.2 Å². The molecule has 2 atom stereocenters. The molecule has 2 N–H and O–H groups in total. The zero-order valence-electron chi connectivity index (χ0n) is 11.8. The quantitative estimate of drug-likeness (QED) is 0.731. The van der Waals surface area contributed by atoms with E-state index in [0.29, 0.717) is 5.25 Å². The Morgan fingerprint density at radius 2 is 2.00 bits per heavy atom. The largest absolute Gasteiger partial charge is 0.368 e. The highest BCUT2D eigenvalue weighted by molar-refractivity contribution is 8.14. The third-order valence-corrected chi connectivity index (χ3v) is 4.97. The Kier molecular flexibility index (Phi) is 4.85. The standard InChI is InChI=1S/C13H25N3OS/c1-9(2)12(13(14)17)15(4)10(3)16-7-11(8-16)18(5)6/h9,11-12H,3,5,7-8H2,1-2,4,6H3,(H2,14,17). The number of primary amides is 1. The van der Waals surface area contributed by atoms with Crippen molar-refractivity contribution in [1.29, 1.82) is 0 Å². The molecule has 1 amide bonds. The van der Waals surface area contributed by atoms with Crippen LogP contribution in [0, 0.1) is 5.92 Å². The van der Waals surface area contributed by atoms with Gasteiger partial charge >= 0.3 is 0 Å². The van der Waals surface area contributed by atoms with Gasteiger partial charge in [0.25, 0.3) is 0 Å². The molecule has 2 unspecified atom stereocenters. The van der Waals surface area contributed by atoms with E-state index < -0.39 is 0 Å². The van der Waals surface area contributed by atoms with Crippen LogP contribution in [0.1, 0.15) is 13.8 Å². The van der Waals surface area contributed by atoms with Crippen LogP contribution in [0.5, 0.6) is 0 Å². The number of carbonyl (C=O) groups is 1. The van der Waals surface area contributed by atoms with Crippen LogP contribution in [0.2, 0.25) is 0 Å². The van der Waals surface area contributed by atoms with E-state index in [4.69, 9.17) is 5.73 Å². The second-order valence-corrected chi connectivity index (χ2v) is 7.39. The minimum absolute atomic E-state index is 0.176. The number of nitrogens with zero attached hydrogens (tertiary/aromatic N) is 2. The number of likely N-dealkylation sites (N-methyl/N-ethyl adjacent to an activating group) is 1. The van der Waals surface area contributed by atoms with Crippen LogP contribution in [-0.2, 0) is 4.79 Å². The van der Waals surface area contributed by atoms with E-state index >= 15 is 0 Å². The van der Waals surface area contributed by atoms with E-state index in [1.807, 2.05) is 25.8 Å². The number of amides is 1. The monoisotopic (exact) mass is 271 g/mol. The molecule has 1 rings (SSSR count). The van der Waals surface area contributed by atoms with Crippen LogP contribution in [0.15, 0.2) is 12.4 Å². The van der Waals surface area contributed by atoms with Gasteiger partial charge in [0.05, 0.1) is 5.82 Å². The summed E-state index contributed by atoms with van der Waals surface area (Å²) >= 11 is 0. The second kappa shape index (κ2) is 5.78. The second-order valence-electron chi connectivity index (χ2n) is 5.34. The van der Waals surface area contributed by atoms with E-state index in [-0.39, 0.29) is 28.4 Å². The third kappa shape index (κ3) is 3.07. The topological polar surface area (TPSA) is 49.6 Å². The number of carbonyl (C=O) groups excluding carboxylic acids is 1. The Labute approximate surface area is 113 Å². The molecule has 1 fully saturated rings. The zero-order valence-corrected chi connectivity index (χ0v) is 12.7. The first-order valence-corrected chi connectivity index (χ1v) is 8.02. The summed E-state index contributed by atoms with van der Waals surface area (Å²) < 4.78 is 0. The van der Waals surface area contributed by atoms with Crippen molar-refractivity contribution in [3.8, 4) is 0 Å². The van der Waals surface area contributed by atoms with E-state index in [0.717, 1.165) is 18.9 Å². The lowest BCUT2D eigenvalue weighted by atomic mass is 10.0. The summed E-state index contributed by atoms with van der Waals surface area (Å²) in [5.74, 6) is 4.84.